The minimum atomic E-state index is -1.40. The number of rotatable bonds is 13. The van der Waals surface area contributed by atoms with Crippen molar-refractivity contribution in [3.63, 3.8) is 0 Å². The molecule has 1 aromatic carbocycles. The molecule has 8 heteroatoms. The van der Waals surface area contributed by atoms with Gasteiger partial charge in [-0.15, -0.1) is 0 Å². The summed E-state index contributed by atoms with van der Waals surface area (Å²) in [5, 5.41) is 11.5. The summed E-state index contributed by atoms with van der Waals surface area (Å²) in [5.41, 5.74) is 2.18. The van der Waals surface area contributed by atoms with Gasteiger partial charge in [0.15, 0.2) is 0 Å². The number of aliphatic hydroxyl groups excluding tert-OH is 1. The van der Waals surface area contributed by atoms with Crippen LogP contribution >= 0.6 is 15.9 Å². The molecule has 0 amide bonds. The van der Waals surface area contributed by atoms with Gasteiger partial charge in [-0.25, -0.2) is 4.79 Å². The molecule has 2 atom stereocenters. The van der Waals surface area contributed by atoms with Gasteiger partial charge in [-0.1, -0.05) is 46.7 Å². The molecule has 0 aliphatic rings. The van der Waals surface area contributed by atoms with Gasteiger partial charge in [0, 0.05) is 26.1 Å². The number of allylic oxidation sites excluding steroid dienone is 2. The van der Waals surface area contributed by atoms with Crippen molar-refractivity contribution in [1.82, 2.24) is 0 Å². The van der Waals surface area contributed by atoms with Crippen LogP contribution in [0.15, 0.2) is 33.8 Å². The topological polar surface area (TPSA) is 82.1 Å². The highest BCUT2D eigenvalue weighted by Crippen LogP contribution is 2.36. The van der Waals surface area contributed by atoms with Crippen LogP contribution in [0.25, 0.3) is 0 Å². The third kappa shape index (κ3) is 8.95. The molecule has 0 radical (unpaired) electrons. The lowest BCUT2D eigenvalue weighted by atomic mass is 9.75. The van der Waals surface area contributed by atoms with E-state index in [4.69, 9.17) is 14.2 Å². The van der Waals surface area contributed by atoms with Crippen LogP contribution in [0.4, 0.5) is 0 Å². The molecule has 192 valence electrons. The predicted molar refractivity (Wildman–Crippen MR) is 142 cm³/mol. The number of aliphatic hydroxyl groups is 1. The summed E-state index contributed by atoms with van der Waals surface area (Å²) in [6.07, 6.45) is 0.0844. The molecule has 1 N–H and O–H groups in total. The molecule has 1 aromatic rings. The highest BCUT2D eigenvalue weighted by atomic mass is 79.9. The van der Waals surface area contributed by atoms with Crippen LogP contribution in [0, 0.1) is 5.41 Å². The van der Waals surface area contributed by atoms with Crippen molar-refractivity contribution < 1.29 is 28.9 Å². The average molecular weight is 558 g/mol. The molecule has 0 saturated heterocycles. The SMILES string of the molecule is COC[C@@](CCC(C)=C(C)C)(C(=O)OCC[Si](C)(C)C)[C@@H](O)Cc1cc(C(=O)OC)ccc1Br. The largest absolute Gasteiger partial charge is 0.465 e. The minimum absolute atomic E-state index is 0.0320. The first-order valence-electron chi connectivity index (χ1n) is 11.6. The number of benzene rings is 1. The maximum atomic E-state index is 13.5. The van der Waals surface area contributed by atoms with E-state index in [-0.39, 0.29) is 13.0 Å². The molecule has 0 bridgehead atoms. The van der Waals surface area contributed by atoms with Crippen molar-refractivity contribution in [2.45, 2.75) is 71.8 Å². The third-order valence-electron chi connectivity index (χ3n) is 6.21. The van der Waals surface area contributed by atoms with Crippen molar-refractivity contribution in [3.05, 3.63) is 44.9 Å². The maximum Gasteiger partial charge on any atom is 0.337 e. The van der Waals surface area contributed by atoms with Crippen molar-refractivity contribution in [2.75, 3.05) is 27.4 Å². The summed E-state index contributed by atoms with van der Waals surface area (Å²) >= 11 is 3.50. The lowest BCUT2D eigenvalue weighted by Gasteiger charge is -2.36. The first kappa shape index (κ1) is 30.5. The van der Waals surface area contributed by atoms with Crippen molar-refractivity contribution >= 4 is 35.9 Å². The van der Waals surface area contributed by atoms with Gasteiger partial charge in [0.25, 0.3) is 0 Å². The standard InChI is InChI=1S/C26H41BrO6Si/c1-18(2)19(3)11-12-26(17-31-4,25(30)33-13-14-34(6,7)8)23(28)16-21-15-20(24(29)32-5)9-10-22(21)27/h9-10,15,23,28H,11-14,16-17H2,1-8H3/t23-,26+/m0/s1. The number of ether oxygens (including phenoxy) is 3. The first-order valence-corrected chi connectivity index (χ1v) is 16.1. The van der Waals surface area contributed by atoms with Gasteiger partial charge in [0.1, 0.15) is 5.41 Å². The Morgan fingerprint density at radius 3 is 2.32 bits per heavy atom. The van der Waals surface area contributed by atoms with Gasteiger partial charge in [-0.3, -0.25) is 4.79 Å². The zero-order valence-electron chi connectivity index (χ0n) is 21.9. The highest BCUT2D eigenvalue weighted by molar-refractivity contribution is 9.10. The van der Waals surface area contributed by atoms with Crippen LogP contribution in [0.1, 0.15) is 49.5 Å². The second-order valence-electron chi connectivity index (χ2n) is 10.3. The summed E-state index contributed by atoms with van der Waals surface area (Å²) < 4.78 is 16.8. The number of carbonyl (C=O) groups is 2. The molecule has 6 nitrogen and oxygen atoms in total. The summed E-state index contributed by atoms with van der Waals surface area (Å²) in [4.78, 5) is 25.5. The quantitative estimate of drug-likeness (QED) is 0.188. The molecule has 1 rings (SSSR count). The molecule has 34 heavy (non-hydrogen) atoms. The van der Waals surface area contributed by atoms with Crippen LogP contribution in [-0.4, -0.2) is 58.7 Å². The Balaban J connectivity index is 3.34. The summed E-state index contributed by atoms with van der Waals surface area (Å²) in [5.74, 6) is -0.904. The molecule has 0 aliphatic heterocycles. The van der Waals surface area contributed by atoms with Gasteiger partial charge in [-0.05, 0) is 63.4 Å². The monoisotopic (exact) mass is 556 g/mol. The van der Waals surface area contributed by atoms with Crippen LogP contribution in [0.3, 0.4) is 0 Å². The Hall–Kier alpha value is -1.48. The molecule has 0 heterocycles. The van der Waals surface area contributed by atoms with E-state index in [1.54, 1.807) is 18.2 Å². The molecule has 0 aliphatic carbocycles. The predicted octanol–water partition coefficient (Wildman–Crippen LogP) is 5.79. The minimum Gasteiger partial charge on any atom is -0.465 e. The molecular formula is C26H41BrO6Si. The average Bonchev–Trinajstić information content (AvgIpc) is 2.76. The highest BCUT2D eigenvalue weighted by Gasteiger charge is 2.47. The van der Waals surface area contributed by atoms with Gasteiger partial charge in [-0.2, -0.15) is 0 Å². The zero-order valence-corrected chi connectivity index (χ0v) is 24.5. The lowest BCUT2D eigenvalue weighted by molar-refractivity contribution is -0.169. The summed E-state index contributed by atoms with van der Waals surface area (Å²) in [6.45, 7) is 13.1. The van der Waals surface area contributed by atoms with Gasteiger partial charge in [0.2, 0.25) is 0 Å². The van der Waals surface area contributed by atoms with E-state index in [9.17, 15) is 14.7 Å². The fraction of sp³-hybridized carbons (Fsp3) is 0.615. The number of hydrogen-bond donors (Lipinski definition) is 1. The zero-order chi connectivity index (χ0) is 26.1. The van der Waals surface area contributed by atoms with Crippen LogP contribution in [0.5, 0.6) is 0 Å². The first-order chi connectivity index (χ1) is 15.8. The number of esters is 2. The Morgan fingerprint density at radius 1 is 1.15 bits per heavy atom. The van der Waals surface area contributed by atoms with Crippen LogP contribution < -0.4 is 0 Å². The third-order valence-corrected chi connectivity index (χ3v) is 8.69. The Bertz CT molecular complexity index is 873. The Kier molecular flexibility index (Phi) is 12.2. The number of carbonyl (C=O) groups excluding carboxylic acids is 2. The van der Waals surface area contributed by atoms with Crippen LogP contribution in [-0.2, 0) is 25.4 Å². The smallest absolute Gasteiger partial charge is 0.337 e. The second kappa shape index (κ2) is 13.6. The van der Waals surface area contributed by atoms with Gasteiger partial charge < -0.3 is 19.3 Å². The van der Waals surface area contributed by atoms with E-state index in [0.717, 1.165) is 16.1 Å². The maximum absolute atomic E-state index is 13.5. The van der Waals surface area contributed by atoms with E-state index >= 15 is 0 Å². The van der Waals surface area contributed by atoms with Crippen molar-refractivity contribution in [3.8, 4) is 0 Å². The van der Waals surface area contributed by atoms with E-state index < -0.39 is 31.5 Å². The fourth-order valence-electron chi connectivity index (χ4n) is 3.52. The van der Waals surface area contributed by atoms with Gasteiger partial charge in [0.05, 0.1) is 32.0 Å². The lowest BCUT2D eigenvalue weighted by Crippen LogP contribution is -2.48. The number of methoxy groups -OCH3 is 2. The Labute approximate surface area is 214 Å². The number of halogens is 1. The van der Waals surface area contributed by atoms with E-state index in [0.29, 0.717) is 30.6 Å². The molecular weight excluding hydrogens is 516 g/mol. The number of hydrogen-bond acceptors (Lipinski definition) is 6. The van der Waals surface area contributed by atoms with Gasteiger partial charge >= 0.3 is 11.9 Å². The van der Waals surface area contributed by atoms with E-state index in [1.165, 1.54) is 19.8 Å². The fourth-order valence-corrected chi connectivity index (χ4v) is 4.65. The van der Waals surface area contributed by atoms with Crippen molar-refractivity contribution in [2.24, 2.45) is 5.41 Å². The molecule has 0 fully saturated rings. The Morgan fingerprint density at radius 2 is 1.79 bits per heavy atom. The molecule has 0 spiro atoms. The summed E-state index contributed by atoms with van der Waals surface area (Å²) in [7, 11) is 1.45. The molecule has 0 aromatic heterocycles. The van der Waals surface area contributed by atoms with E-state index in [2.05, 4.69) is 35.6 Å². The normalized spacial score (nSPS) is 14.2. The molecule has 0 unspecified atom stereocenters. The second-order valence-corrected chi connectivity index (χ2v) is 16.8. The van der Waals surface area contributed by atoms with E-state index in [1.807, 2.05) is 20.8 Å². The van der Waals surface area contributed by atoms with Crippen LogP contribution in [0.2, 0.25) is 25.7 Å². The summed E-state index contributed by atoms with van der Waals surface area (Å²) in [6, 6.07) is 5.91. The van der Waals surface area contributed by atoms with Crippen molar-refractivity contribution in [1.29, 1.82) is 0 Å². The molecule has 0 saturated carbocycles.